The summed E-state index contributed by atoms with van der Waals surface area (Å²) >= 11 is 0. The maximum atomic E-state index is 13.4. The van der Waals surface area contributed by atoms with Gasteiger partial charge in [0.05, 0.1) is 14.2 Å². The van der Waals surface area contributed by atoms with Crippen molar-refractivity contribution in [3.63, 3.8) is 0 Å². The number of imide groups is 1. The van der Waals surface area contributed by atoms with Gasteiger partial charge in [0.1, 0.15) is 17.9 Å². The summed E-state index contributed by atoms with van der Waals surface area (Å²) in [6, 6.07) is 9.61. The Kier molecular flexibility index (Phi) is 6.97. The van der Waals surface area contributed by atoms with Crippen LogP contribution in [0.15, 0.2) is 42.5 Å². The molecule has 0 spiro atoms. The van der Waals surface area contributed by atoms with Crippen LogP contribution >= 0.6 is 0 Å². The summed E-state index contributed by atoms with van der Waals surface area (Å²) in [5, 5.41) is 5.39. The molecule has 1 atom stereocenters. The minimum absolute atomic E-state index is 0.341. The van der Waals surface area contributed by atoms with Crippen LogP contribution in [0, 0.1) is 5.82 Å². The molecule has 1 heterocycles. The van der Waals surface area contributed by atoms with Crippen LogP contribution in [0.5, 0.6) is 11.5 Å². The molecule has 3 rings (SSSR count). The fourth-order valence-corrected chi connectivity index (χ4v) is 3.71. The number of rotatable bonds is 9. The Morgan fingerprint density at radius 3 is 2.41 bits per heavy atom. The van der Waals surface area contributed by atoms with Crippen molar-refractivity contribution in [1.29, 1.82) is 0 Å². The Hall–Kier alpha value is -3.62. The minimum Gasteiger partial charge on any atom is -0.493 e. The summed E-state index contributed by atoms with van der Waals surface area (Å²) < 4.78 is 23.8. The molecule has 1 fully saturated rings. The van der Waals surface area contributed by atoms with Crippen LogP contribution in [0.3, 0.4) is 0 Å². The van der Waals surface area contributed by atoms with Gasteiger partial charge in [0.2, 0.25) is 5.91 Å². The third-order valence-corrected chi connectivity index (χ3v) is 5.39. The van der Waals surface area contributed by atoms with Crippen molar-refractivity contribution in [3.05, 3.63) is 53.8 Å². The number of amides is 4. The lowest BCUT2D eigenvalue weighted by Gasteiger charge is -2.27. The normalized spacial score (nSPS) is 17.8. The summed E-state index contributed by atoms with van der Waals surface area (Å²) in [6.45, 7) is 1.50. The van der Waals surface area contributed by atoms with Gasteiger partial charge in [-0.2, -0.15) is 0 Å². The van der Waals surface area contributed by atoms with Gasteiger partial charge < -0.3 is 20.1 Å². The molecular formula is C23H26FN3O5. The Labute approximate surface area is 185 Å². The second kappa shape index (κ2) is 9.67. The standard InChI is InChI=1S/C23H26FN3O5/c1-4-5-12-23(15-6-8-16(24)9-7-15)21(29)27(22(30)26-23)14-20(28)25-17-10-11-18(31-2)19(13-17)32-3/h6-11,13H,4-5,12,14H2,1-3H3,(H,25,28)(H,26,30). The largest absolute Gasteiger partial charge is 0.493 e. The van der Waals surface area contributed by atoms with Gasteiger partial charge in [0.15, 0.2) is 11.5 Å². The molecule has 9 heteroatoms. The smallest absolute Gasteiger partial charge is 0.325 e. The number of hydrogen-bond donors (Lipinski definition) is 2. The summed E-state index contributed by atoms with van der Waals surface area (Å²) in [7, 11) is 2.97. The van der Waals surface area contributed by atoms with E-state index < -0.39 is 35.7 Å². The molecule has 0 saturated carbocycles. The van der Waals surface area contributed by atoms with Crippen LogP contribution < -0.4 is 20.1 Å². The number of ether oxygens (including phenoxy) is 2. The van der Waals surface area contributed by atoms with Crippen LogP contribution in [0.4, 0.5) is 14.9 Å². The molecule has 0 radical (unpaired) electrons. The van der Waals surface area contributed by atoms with Gasteiger partial charge in [-0.25, -0.2) is 9.18 Å². The van der Waals surface area contributed by atoms with Crippen molar-refractivity contribution in [2.75, 3.05) is 26.1 Å². The fraction of sp³-hybridized carbons (Fsp3) is 0.348. The van der Waals surface area contributed by atoms with Gasteiger partial charge in [-0.15, -0.1) is 0 Å². The number of benzene rings is 2. The predicted octanol–water partition coefficient (Wildman–Crippen LogP) is 3.42. The van der Waals surface area contributed by atoms with Crippen LogP contribution in [0.25, 0.3) is 0 Å². The lowest BCUT2D eigenvalue weighted by atomic mass is 9.85. The molecule has 0 aromatic heterocycles. The third-order valence-electron chi connectivity index (χ3n) is 5.39. The summed E-state index contributed by atoms with van der Waals surface area (Å²) in [4.78, 5) is 39.5. The molecule has 170 valence electrons. The maximum Gasteiger partial charge on any atom is 0.325 e. The van der Waals surface area contributed by atoms with Crippen molar-refractivity contribution in [3.8, 4) is 11.5 Å². The van der Waals surface area contributed by atoms with Gasteiger partial charge >= 0.3 is 6.03 Å². The van der Waals surface area contributed by atoms with Crippen molar-refractivity contribution in [1.82, 2.24) is 10.2 Å². The number of unbranched alkanes of at least 4 members (excludes halogenated alkanes) is 1. The Morgan fingerprint density at radius 2 is 1.78 bits per heavy atom. The zero-order valence-electron chi connectivity index (χ0n) is 18.2. The highest BCUT2D eigenvalue weighted by Crippen LogP contribution is 2.34. The number of carbonyl (C=O) groups is 3. The molecule has 2 aromatic rings. The van der Waals surface area contributed by atoms with Gasteiger partial charge in [-0.1, -0.05) is 31.9 Å². The first-order valence-electron chi connectivity index (χ1n) is 10.3. The number of halogens is 1. The molecule has 1 unspecified atom stereocenters. The number of hydrogen-bond acceptors (Lipinski definition) is 5. The lowest BCUT2D eigenvalue weighted by molar-refractivity contribution is -0.134. The SMILES string of the molecule is CCCCC1(c2ccc(F)cc2)NC(=O)N(CC(=O)Nc2ccc(OC)c(OC)c2)C1=O. The average molecular weight is 443 g/mol. The zero-order valence-corrected chi connectivity index (χ0v) is 18.2. The van der Waals surface area contributed by atoms with E-state index in [0.717, 1.165) is 11.3 Å². The van der Waals surface area contributed by atoms with Crippen LogP contribution in [0.1, 0.15) is 31.7 Å². The van der Waals surface area contributed by atoms with E-state index in [0.29, 0.717) is 35.6 Å². The monoisotopic (exact) mass is 443 g/mol. The lowest BCUT2D eigenvalue weighted by Crippen LogP contribution is -2.44. The molecule has 0 aliphatic carbocycles. The number of nitrogens with one attached hydrogen (secondary N) is 2. The van der Waals surface area contributed by atoms with Gasteiger partial charge in [-0.05, 0) is 36.2 Å². The predicted molar refractivity (Wildman–Crippen MR) is 116 cm³/mol. The van der Waals surface area contributed by atoms with E-state index in [1.165, 1.54) is 38.5 Å². The Bertz CT molecular complexity index is 1010. The molecule has 32 heavy (non-hydrogen) atoms. The van der Waals surface area contributed by atoms with E-state index in [-0.39, 0.29) is 0 Å². The van der Waals surface area contributed by atoms with Crippen LogP contribution in [0.2, 0.25) is 0 Å². The molecule has 1 aliphatic heterocycles. The van der Waals surface area contributed by atoms with E-state index in [1.54, 1.807) is 18.2 Å². The summed E-state index contributed by atoms with van der Waals surface area (Å²) in [5.41, 5.74) is -0.422. The number of carbonyl (C=O) groups excluding carboxylic acids is 3. The molecule has 1 saturated heterocycles. The topological polar surface area (TPSA) is 97.0 Å². The second-order valence-corrected chi connectivity index (χ2v) is 7.46. The zero-order chi connectivity index (χ0) is 23.3. The van der Waals surface area contributed by atoms with Gasteiger partial charge in [0.25, 0.3) is 5.91 Å². The number of anilines is 1. The first-order valence-corrected chi connectivity index (χ1v) is 10.3. The van der Waals surface area contributed by atoms with E-state index in [9.17, 15) is 18.8 Å². The van der Waals surface area contributed by atoms with Crippen molar-refractivity contribution < 1.29 is 28.2 Å². The third kappa shape index (κ3) is 4.51. The summed E-state index contributed by atoms with van der Waals surface area (Å²) in [6.07, 6.45) is 1.80. The molecule has 2 N–H and O–H groups in total. The molecule has 1 aliphatic rings. The van der Waals surface area contributed by atoms with E-state index in [4.69, 9.17) is 9.47 Å². The highest BCUT2D eigenvalue weighted by Gasteiger charge is 2.52. The first-order chi connectivity index (χ1) is 15.3. The van der Waals surface area contributed by atoms with Crippen molar-refractivity contribution >= 4 is 23.5 Å². The molecule has 4 amide bonds. The van der Waals surface area contributed by atoms with Gasteiger partial charge in [-0.3, -0.25) is 14.5 Å². The van der Waals surface area contributed by atoms with E-state index in [2.05, 4.69) is 10.6 Å². The maximum absolute atomic E-state index is 13.4. The molecule has 2 aromatic carbocycles. The highest BCUT2D eigenvalue weighted by molar-refractivity contribution is 6.10. The van der Waals surface area contributed by atoms with Crippen LogP contribution in [-0.2, 0) is 15.1 Å². The fourth-order valence-electron chi connectivity index (χ4n) is 3.71. The minimum atomic E-state index is -1.33. The average Bonchev–Trinajstić information content (AvgIpc) is 3.03. The quantitative estimate of drug-likeness (QED) is 0.579. The number of urea groups is 1. The Balaban J connectivity index is 1.79. The summed E-state index contributed by atoms with van der Waals surface area (Å²) in [5.74, 6) is -0.603. The molecular weight excluding hydrogens is 417 g/mol. The number of nitrogens with zero attached hydrogens (tertiary/aromatic N) is 1. The number of methoxy groups -OCH3 is 2. The highest BCUT2D eigenvalue weighted by atomic mass is 19.1. The van der Waals surface area contributed by atoms with E-state index in [1.807, 2.05) is 6.92 Å². The van der Waals surface area contributed by atoms with Crippen LogP contribution in [-0.4, -0.2) is 43.5 Å². The second-order valence-electron chi connectivity index (χ2n) is 7.46. The van der Waals surface area contributed by atoms with Gasteiger partial charge in [0, 0.05) is 11.8 Å². The Morgan fingerprint density at radius 1 is 1.09 bits per heavy atom. The molecule has 0 bridgehead atoms. The molecule has 8 nitrogen and oxygen atoms in total. The van der Waals surface area contributed by atoms with Crippen molar-refractivity contribution in [2.45, 2.75) is 31.7 Å². The van der Waals surface area contributed by atoms with E-state index >= 15 is 0 Å². The first kappa shape index (κ1) is 23.1. The van der Waals surface area contributed by atoms with Crippen molar-refractivity contribution in [2.24, 2.45) is 0 Å².